The Morgan fingerprint density at radius 2 is 2.24 bits per heavy atom. The molecule has 2 aromatic heterocycles. The minimum Gasteiger partial charge on any atom is -0.477 e. The zero-order valence-corrected chi connectivity index (χ0v) is 11.1. The molecule has 0 radical (unpaired) electrons. The molecule has 17 heavy (non-hydrogen) atoms. The maximum atomic E-state index is 10.7. The van der Waals surface area contributed by atoms with Crippen LogP contribution in [0, 0.1) is 0 Å². The fourth-order valence-electron chi connectivity index (χ4n) is 1.28. The fourth-order valence-corrected chi connectivity index (χ4v) is 2.70. The summed E-state index contributed by atoms with van der Waals surface area (Å²) in [4.78, 5) is 15.9. The van der Waals surface area contributed by atoms with Crippen LogP contribution < -0.4 is 5.32 Å². The number of aromatic carboxylic acids is 1. The number of hydrogen-bond donors (Lipinski definition) is 2. The van der Waals surface area contributed by atoms with Crippen LogP contribution >= 0.6 is 27.3 Å². The van der Waals surface area contributed by atoms with Crippen LogP contribution in [0.1, 0.15) is 15.4 Å². The summed E-state index contributed by atoms with van der Waals surface area (Å²) >= 11 is 5.01. The zero-order valence-electron chi connectivity index (χ0n) is 8.68. The average Bonchev–Trinajstić information content (AvgIpc) is 2.73. The second-order valence-electron chi connectivity index (χ2n) is 3.27. The van der Waals surface area contributed by atoms with Crippen molar-refractivity contribution >= 4 is 39.1 Å². The van der Waals surface area contributed by atoms with Gasteiger partial charge in [-0.25, -0.2) is 9.78 Å². The van der Waals surface area contributed by atoms with Crippen molar-refractivity contribution in [1.82, 2.24) is 4.98 Å². The van der Waals surface area contributed by atoms with Crippen LogP contribution in [-0.2, 0) is 6.54 Å². The first kappa shape index (κ1) is 12.1. The van der Waals surface area contributed by atoms with Crippen molar-refractivity contribution in [2.75, 3.05) is 5.32 Å². The normalized spacial score (nSPS) is 10.2. The topological polar surface area (TPSA) is 62.2 Å². The van der Waals surface area contributed by atoms with Crippen molar-refractivity contribution in [2.45, 2.75) is 6.54 Å². The van der Waals surface area contributed by atoms with Gasteiger partial charge in [0.1, 0.15) is 5.82 Å². The van der Waals surface area contributed by atoms with Crippen LogP contribution in [-0.4, -0.2) is 16.1 Å². The van der Waals surface area contributed by atoms with E-state index >= 15 is 0 Å². The molecule has 0 atom stereocenters. The molecule has 0 bridgehead atoms. The highest BCUT2D eigenvalue weighted by Gasteiger charge is 2.05. The van der Waals surface area contributed by atoms with Gasteiger partial charge in [-0.2, -0.15) is 0 Å². The van der Waals surface area contributed by atoms with E-state index in [1.165, 1.54) is 6.07 Å². The standard InChI is InChI=1S/C11H9BrN2O2S/c12-9-5-4-7(17-9)6-13-10-3-1-2-8(14-10)11(15)16/h1-5H,6H2,(H,13,14)(H,15,16). The molecular formula is C11H9BrN2O2S. The first-order valence-electron chi connectivity index (χ1n) is 4.83. The maximum Gasteiger partial charge on any atom is 0.354 e. The minimum absolute atomic E-state index is 0.0439. The number of anilines is 1. The maximum absolute atomic E-state index is 10.7. The number of nitrogens with one attached hydrogen (secondary N) is 1. The van der Waals surface area contributed by atoms with E-state index < -0.39 is 5.97 Å². The van der Waals surface area contributed by atoms with Gasteiger partial charge in [0.2, 0.25) is 0 Å². The Hall–Kier alpha value is -1.40. The number of pyridine rings is 1. The number of nitrogens with zero attached hydrogens (tertiary/aromatic N) is 1. The van der Waals surface area contributed by atoms with Crippen LogP contribution in [0.5, 0.6) is 0 Å². The molecule has 0 spiro atoms. The molecule has 0 saturated carbocycles. The molecule has 2 heterocycles. The third-order valence-electron chi connectivity index (χ3n) is 2.04. The largest absolute Gasteiger partial charge is 0.477 e. The third-order valence-corrected chi connectivity index (χ3v) is 3.66. The molecule has 2 aromatic rings. The van der Waals surface area contributed by atoms with Gasteiger partial charge < -0.3 is 10.4 Å². The molecule has 0 aliphatic heterocycles. The number of thiophene rings is 1. The molecule has 4 nitrogen and oxygen atoms in total. The minimum atomic E-state index is -1.02. The summed E-state index contributed by atoms with van der Waals surface area (Å²) in [6.45, 7) is 0.631. The predicted octanol–water partition coefficient (Wildman–Crippen LogP) is 3.22. The van der Waals surface area contributed by atoms with Crippen LogP contribution in [0.15, 0.2) is 34.1 Å². The average molecular weight is 313 g/mol. The molecule has 0 aliphatic carbocycles. The highest BCUT2D eigenvalue weighted by Crippen LogP contribution is 2.22. The van der Waals surface area contributed by atoms with Gasteiger partial charge in [-0.15, -0.1) is 11.3 Å². The van der Waals surface area contributed by atoms with E-state index in [0.717, 1.165) is 8.66 Å². The van der Waals surface area contributed by atoms with E-state index in [4.69, 9.17) is 5.11 Å². The highest BCUT2D eigenvalue weighted by molar-refractivity contribution is 9.11. The van der Waals surface area contributed by atoms with Gasteiger partial charge in [-0.3, -0.25) is 0 Å². The van der Waals surface area contributed by atoms with Gasteiger partial charge in [-0.05, 0) is 40.2 Å². The lowest BCUT2D eigenvalue weighted by Gasteiger charge is -2.04. The Kier molecular flexibility index (Phi) is 3.75. The Balaban J connectivity index is 2.04. The number of aromatic nitrogens is 1. The van der Waals surface area contributed by atoms with Gasteiger partial charge in [0.05, 0.1) is 10.3 Å². The Morgan fingerprint density at radius 1 is 1.41 bits per heavy atom. The number of halogens is 1. The lowest BCUT2D eigenvalue weighted by Crippen LogP contribution is -2.04. The summed E-state index contributed by atoms with van der Waals surface area (Å²) in [6.07, 6.45) is 0. The van der Waals surface area contributed by atoms with Crippen LogP contribution in [0.4, 0.5) is 5.82 Å². The van der Waals surface area contributed by atoms with Crippen LogP contribution in [0.3, 0.4) is 0 Å². The van der Waals surface area contributed by atoms with Crippen molar-refractivity contribution in [3.8, 4) is 0 Å². The van der Waals surface area contributed by atoms with Crippen molar-refractivity contribution in [3.63, 3.8) is 0 Å². The lowest BCUT2D eigenvalue weighted by atomic mass is 10.3. The van der Waals surface area contributed by atoms with Crippen molar-refractivity contribution in [3.05, 3.63) is 44.7 Å². The van der Waals surface area contributed by atoms with Crippen LogP contribution in [0.2, 0.25) is 0 Å². The molecule has 0 saturated heterocycles. The summed E-state index contributed by atoms with van der Waals surface area (Å²) < 4.78 is 1.07. The number of carboxylic acids is 1. The molecule has 6 heteroatoms. The van der Waals surface area contributed by atoms with E-state index in [9.17, 15) is 4.79 Å². The predicted molar refractivity (Wildman–Crippen MR) is 70.5 cm³/mol. The molecule has 0 aromatic carbocycles. The van der Waals surface area contributed by atoms with Crippen molar-refractivity contribution < 1.29 is 9.90 Å². The number of rotatable bonds is 4. The Morgan fingerprint density at radius 3 is 2.88 bits per heavy atom. The quantitative estimate of drug-likeness (QED) is 0.910. The van der Waals surface area contributed by atoms with E-state index in [0.29, 0.717) is 12.4 Å². The molecule has 2 N–H and O–H groups in total. The molecule has 0 fully saturated rings. The van der Waals surface area contributed by atoms with Gasteiger partial charge in [0.15, 0.2) is 5.69 Å². The lowest BCUT2D eigenvalue weighted by molar-refractivity contribution is 0.0690. The zero-order chi connectivity index (χ0) is 12.3. The molecule has 88 valence electrons. The van der Waals surface area contributed by atoms with Gasteiger partial charge in [-0.1, -0.05) is 6.07 Å². The molecule has 2 rings (SSSR count). The number of carboxylic acid groups (broad SMARTS) is 1. The second-order valence-corrected chi connectivity index (χ2v) is 5.82. The third kappa shape index (κ3) is 3.28. The van der Waals surface area contributed by atoms with E-state index in [1.54, 1.807) is 23.5 Å². The summed E-state index contributed by atoms with van der Waals surface area (Å²) in [6, 6.07) is 8.86. The molecule has 0 unspecified atom stereocenters. The number of hydrogen-bond acceptors (Lipinski definition) is 4. The fraction of sp³-hybridized carbons (Fsp3) is 0.0909. The van der Waals surface area contributed by atoms with Crippen molar-refractivity contribution in [1.29, 1.82) is 0 Å². The Bertz CT molecular complexity index is 542. The monoisotopic (exact) mass is 312 g/mol. The smallest absolute Gasteiger partial charge is 0.354 e. The summed E-state index contributed by atoms with van der Waals surface area (Å²) in [7, 11) is 0. The first-order chi connectivity index (χ1) is 8.15. The second kappa shape index (κ2) is 5.29. The van der Waals surface area contributed by atoms with Gasteiger partial charge in [0, 0.05) is 4.88 Å². The van der Waals surface area contributed by atoms with E-state index in [2.05, 4.69) is 26.2 Å². The summed E-state index contributed by atoms with van der Waals surface area (Å²) in [5, 5.41) is 11.9. The number of carbonyl (C=O) groups is 1. The molecule has 0 amide bonds. The summed E-state index contributed by atoms with van der Waals surface area (Å²) in [5.74, 6) is -0.457. The van der Waals surface area contributed by atoms with Crippen molar-refractivity contribution in [2.24, 2.45) is 0 Å². The van der Waals surface area contributed by atoms with Gasteiger partial charge >= 0.3 is 5.97 Å². The van der Waals surface area contributed by atoms with Gasteiger partial charge in [0.25, 0.3) is 0 Å². The highest BCUT2D eigenvalue weighted by atomic mass is 79.9. The summed E-state index contributed by atoms with van der Waals surface area (Å²) in [5.41, 5.74) is 0.0439. The Labute approximate surface area is 110 Å². The SMILES string of the molecule is O=C(O)c1cccc(NCc2ccc(Br)s2)n1. The molecular weight excluding hydrogens is 304 g/mol. The van der Waals surface area contributed by atoms with E-state index in [-0.39, 0.29) is 5.69 Å². The van der Waals surface area contributed by atoms with Crippen LogP contribution in [0.25, 0.3) is 0 Å². The molecule has 0 aliphatic rings. The first-order valence-corrected chi connectivity index (χ1v) is 6.44. The van der Waals surface area contributed by atoms with E-state index in [1.807, 2.05) is 12.1 Å².